The first kappa shape index (κ1) is 11.6. The highest BCUT2D eigenvalue weighted by molar-refractivity contribution is 5.79. The van der Waals surface area contributed by atoms with Crippen LogP contribution in [-0.4, -0.2) is 23.2 Å². The molecule has 1 amide bonds. The summed E-state index contributed by atoms with van der Waals surface area (Å²) in [6.07, 6.45) is 0. The molecule has 0 saturated carbocycles. The van der Waals surface area contributed by atoms with Gasteiger partial charge in [-0.25, -0.2) is 0 Å². The average Bonchev–Trinajstić information content (AvgIpc) is 2.42. The van der Waals surface area contributed by atoms with Gasteiger partial charge in [-0.15, -0.1) is 0 Å². The average molecular weight is 209 g/mol. The molecule has 1 aromatic heterocycles. The molecule has 0 saturated heterocycles. The van der Waals surface area contributed by atoms with Gasteiger partial charge in [0.15, 0.2) is 0 Å². The van der Waals surface area contributed by atoms with Gasteiger partial charge in [-0.05, 0) is 39.8 Å². The number of rotatable bonds is 4. The summed E-state index contributed by atoms with van der Waals surface area (Å²) in [5.41, 5.74) is 5.27. The van der Waals surface area contributed by atoms with E-state index in [1.807, 2.05) is 44.5 Å². The van der Waals surface area contributed by atoms with Crippen LogP contribution in [0.15, 0.2) is 12.1 Å². The van der Waals surface area contributed by atoms with Crippen molar-refractivity contribution < 1.29 is 4.79 Å². The van der Waals surface area contributed by atoms with Gasteiger partial charge in [0.2, 0.25) is 5.91 Å². The molecule has 15 heavy (non-hydrogen) atoms. The van der Waals surface area contributed by atoms with Gasteiger partial charge in [0, 0.05) is 17.4 Å². The highest BCUT2D eigenvalue weighted by Crippen LogP contribution is 2.03. The molecular formula is C11H19N3O. The normalized spacial score (nSPS) is 10.5. The lowest BCUT2D eigenvalue weighted by molar-refractivity contribution is -0.120. The Morgan fingerprint density at radius 1 is 1.33 bits per heavy atom. The van der Waals surface area contributed by atoms with Gasteiger partial charge in [0.25, 0.3) is 0 Å². The zero-order valence-electron chi connectivity index (χ0n) is 9.79. The molecule has 0 aliphatic heterocycles. The van der Waals surface area contributed by atoms with Crippen LogP contribution < -0.4 is 10.7 Å². The maximum atomic E-state index is 11.4. The molecule has 0 radical (unpaired) electrons. The minimum Gasteiger partial charge on any atom is -0.352 e. The number of nitrogens with one attached hydrogen (secondary N) is 2. The number of aromatic nitrogens is 1. The quantitative estimate of drug-likeness (QED) is 0.782. The summed E-state index contributed by atoms with van der Waals surface area (Å²) in [5.74, 6) is 0.0116. The maximum Gasteiger partial charge on any atom is 0.241 e. The van der Waals surface area contributed by atoms with Gasteiger partial charge < -0.3 is 10.7 Å². The van der Waals surface area contributed by atoms with Crippen LogP contribution in [0, 0.1) is 13.8 Å². The summed E-state index contributed by atoms with van der Waals surface area (Å²) in [5, 5.41) is 2.83. The van der Waals surface area contributed by atoms with E-state index in [1.54, 1.807) is 0 Å². The molecule has 1 aromatic rings. The van der Waals surface area contributed by atoms with Gasteiger partial charge in [0.05, 0.1) is 0 Å². The van der Waals surface area contributed by atoms with Crippen LogP contribution >= 0.6 is 0 Å². The molecule has 1 rings (SSSR count). The first-order valence-electron chi connectivity index (χ1n) is 5.19. The Bertz CT molecular complexity index is 322. The minimum atomic E-state index is 0.0116. The number of hydrogen-bond donors (Lipinski definition) is 2. The topological polar surface area (TPSA) is 46.1 Å². The van der Waals surface area contributed by atoms with Crippen LogP contribution in [0.25, 0.3) is 0 Å². The molecule has 0 aliphatic rings. The van der Waals surface area contributed by atoms with Crippen LogP contribution in [0.3, 0.4) is 0 Å². The second-order valence-electron chi connectivity index (χ2n) is 4.01. The molecule has 0 unspecified atom stereocenters. The molecule has 0 aromatic carbocycles. The smallest absolute Gasteiger partial charge is 0.241 e. The van der Waals surface area contributed by atoms with Crippen molar-refractivity contribution in [1.82, 2.24) is 9.99 Å². The number of hydrogen-bond acceptors (Lipinski definition) is 2. The van der Waals surface area contributed by atoms with E-state index < -0.39 is 0 Å². The summed E-state index contributed by atoms with van der Waals surface area (Å²) in [4.78, 5) is 11.4. The molecule has 4 heteroatoms. The van der Waals surface area contributed by atoms with Crippen LogP contribution in [0.5, 0.6) is 0 Å². The first-order chi connectivity index (χ1) is 7.00. The van der Waals surface area contributed by atoms with Crippen molar-refractivity contribution in [2.45, 2.75) is 33.7 Å². The van der Waals surface area contributed by atoms with E-state index in [1.165, 1.54) is 0 Å². The molecule has 4 nitrogen and oxygen atoms in total. The Hall–Kier alpha value is -1.45. The summed E-state index contributed by atoms with van der Waals surface area (Å²) < 4.78 is 1.92. The molecule has 2 N–H and O–H groups in total. The van der Waals surface area contributed by atoms with Gasteiger partial charge in [0.1, 0.15) is 6.54 Å². The number of nitrogens with zero attached hydrogens (tertiary/aromatic N) is 1. The second-order valence-corrected chi connectivity index (χ2v) is 4.01. The zero-order chi connectivity index (χ0) is 11.4. The zero-order valence-corrected chi connectivity index (χ0v) is 9.79. The lowest BCUT2D eigenvalue weighted by Crippen LogP contribution is -2.37. The highest BCUT2D eigenvalue weighted by atomic mass is 16.2. The first-order valence-corrected chi connectivity index (χ1v) is 5.19. The molecule has 84 valence electrons. The van der Waals surface area contributed by atoms with Gasteiger partial charge in [-0.3, -0.25) is 9.47 Å². The number of carbonyl (C=O) groups is 1. The van der Waals surface area contributed by atoms with Crippen molar-refractivity contribution in [2.24, 2.45) is 0 Å². The second kappa shape index (κ2) is 4.87. The Balaban J connectivity index is 2.47. The Morgan fingerprint density at radius 3 is 2.33 bits per heavy atom. The van der Waals surface area contributed by atoms with E-state index in [9.17, 15) is 4.79 Å². The third kappa shape index (κ3) is 3.31. The van der Waals surface area contributed by atoms with E-state index in [4.69, 9.17) is 0 Å². The predicted octanol–water partition coefficient (Wildman–Crippen LogP) is 1.17. The highest BCUT2D eigenvalue weighted by Gasteiger charge is 2.04. The third-order valence-corrected chi connectivity index (χ3v) is 2.12. The fraction of sp³-hybridized carbons (Fsp3) is 0.545. The van der Waals surface area contributed by atoms with Crippen molar-refractivity contribution in [2.75, 3.05) is 12.0 Å². The fourth-order valence-corrected chi connectivity index (χ4v) is 1.44. The Morgan fingerprint density at radius 2 is 1.87 bits per heavy atom. The molecule has 0 fully saturated rings. The van der Waals surface area contributed by atoms with Crippen LogP contribution in [0.4, 0.5) is 0 Å². The number of amides is 1. The predicted molar refractivity (Wildman–Crippen MR) is 61.4 cm³/mol. The molecular weight excluding hydrogens is 190 g/mol. The lowest BCUT2D eigenvalue weighted by atomic mass is 10.4. The Kier molecular flexibility index (Phi) is 3.77. The summed E-state index contributed by atoms with van der Waals surface area (Å²) in [7, 11) is 0. The van der Waals surface area contributed by atoms with Crippen molar-refractivity contribution in [3.8, 4) is 0 Å². The van der Waals surface area contributed by atoms with E-state index in [0.29, 0.717) is 6.54 Å². The van der Waals surface area contributed by atoms with Gasteiger partial charge in [-0.2, -0.15) is 0 Å². The molecule has 0 spiro atoms. The maximum absolute atomic E-state index is 11.4. The van der Waals surface area contributed by atoms with E-state index in [0.717, 1.165) is 11.4 Å². The lowest BCUT2D eigenvalue weighted by Gasteiger charge is -2.13. The monoisotopic (exact) mass is 209 g/mol. The minimum absolute atomic E-state index is 0.0116. The van der Waals surface area contributed by atoms with Crippen LogP contribution in [-0.2, 0) is 4.79 Å². The van der Waals surface area contributed by atoms with Crippen LogP contribution in [0.1, 0.15) is 25.2 Å². The fourth-order valence-electron chi connectivity index (χ4n) is 1.44. The molecule has 1 heterocycles. The van der Waals surface area contributed by atoms with Crippen molar-refractivity contribution >= 4 is 5.91 Å². The van der Waals surface area contributed by atoms with Gasteiger partial charge in [-0.1, -0.05) is 0 Å². The van der Waals surface area contributed by atoms with Gasteiger partial charge >= 0.3 is 0 Å². The summed E-state index contributed by atoms with van der Waals surface area (Å²) >= 11 is 0. The third-order valence-electron chi connectivity index (χ3n) is 2.12. The summed E-state index contributed by atoms with van der Waals surface area (Å²) in [6.45, 7) is 8.20. The van der Waals surface area contributed by atoms with Crippen molar-refractivity contribution in [3.05, 3.63) is 23.5 Å². The Labute approximate surface area is 90.6 Å². The number of carbonyl (C=O) groups excluding carboxylic acids is 1. The number of aryl methyl sites for hydroxylation is 2. The molecule has 0 aliphatic carbocycles. The van der Waals surface area contributed by atoms with E-state index in [-0.39, 0.29) is 11.9 Å². The van der Waals surface area contributed by atoms with E-state index in [2.05, 4.69) is 10.7 Å². The van der Waals surface area contributed by atoms with Crippen LogP contribution in [0.2, 0.25) is 0 Å². The molecule has 0 atom stereocenters. The SMILES string of the molecule is Cc1ccc(C)n1NCC(=O)NC(C)C. The van der Waals surface area contributed by atoms with Crippen molar-refractivity contribution in [1.29, 1.82) is 0 Å². The largest absolute Gasteiger partial charge is 0.352 e. The standard InChI is InChI=1S/C11H19N3O/c1-8(2)13-11(15)7-12-14-9(3)5-6-10(14)4/h5-6,8,12H,7H2,1-4H3,(H,13,15). The molecule has 0 bridgehead atoms. The summed E-state index contributed by atoms with van der Waals surface area (Å²) in [6, 6.07) is 4.22. The van der Waals surface area contributed by atoms with Crippen molar-refractivity contribution in [3.63, 3.8) is 0 Å². The van der Waals surface area contributed by atoms with E-state index >= 15 is 0 Å².